The Kier molecular flexibility index (Phi) is 9.79. The maximum Gasteiger partial charge on any atom is 0.119 e. The van der Waals surface area contributed by atoms with Crippen LogP contribution in [0.2, 0.25) is 0 Å². The zero-order valence-corrected chi connectivity index (χ0v) is 14.1. The molecule has 2 rings (SSSR count). The molecule has 122 valence electrons. The first-order chi connectivity index (χ1) is 9.20. The van der Waals surface area contributed by atoms with Crippen LogP contribution < -0.4 is 5.32 Å². The highest BCUT2D eigenvalue weighted by molar-refractivity contribution is 5.85. The largest absolute Gasteiger partial charge is 0.508 e. The number of halogens is 2. The highest BCUT2D eigenvalue weighted by atomic mass is 35.5. The molecule has 0 unspecified atom stereocenters. The summed E-state index contributed by atoms with van der Waals surface area (Å²) in [6, 6.07) is 5.24. The molecule has 0 spiro atoms. The van der Waals surface area contributed by atoms with E-state index < -0.39 is 0 Å². The van der Waals surface area contributed by atoms with Gasteiger partial charge in [-0.15, -0.1) is 24.8 Å². The second-order valence-electron chi connectivity index (χ2n) is 5.23. The number of piperazine rings is 1. The molecule has 3 N–H and O–H groups in total. The fourth-order valence-corrected chi connectivity index (χ4v) is 2.76. The number of hydrogen-bond acceptors (Lipinski definition) is 4. The van der Waals surface area contributed by atoms with E-state index in [2.05, 4.69) is 17.1 Å². The molecule has 0 bridgehead atoms. The lowest BCUT2D eigenvalue weighted by Gasteiger charge is -2.35. The standard InChI is InChI=1S/C15H24N2O2.2ClH/c1-2-3-4-15(17-7-5-16-6-8-17)12-9-13(18)11-14(19)10-12;;/h9-11,15-16,18-19H,2-8H2,1H3;2*1H/t15-;;/m1../s1. The lowest BCUT2D eigenvalue weighted by Crippen LogP contribution is -2.45. The van der Waals surface area contributed by atoms with Gasteiger partial charge in [-0.25, -0.2) is 0 Å². The van der Waals surface area contributed by atoms with E-state index in [9.17, 15) is 10.2 Å². The predicted octanol–water partition coefficient (Wildman–Crippen LogP) is 3.08. The van der Waals surface area contributed by atoms with E-state index in [0.717, 1.165) is 51.0 Å². The second kappa shape index (κ2) is 10.1. The van der Waals surface area contributed by atoms with Gasteiger partial charge in [0, 0.05) is 38.3 Å². The summed E-state index contributed by atoms with van der Waals surface area (Å²) in [5.41, 5.74) is 1.02. The molecular weight excluding hydrogens is 311 g/mol. The summed E-state index contributed by atoms with van der Waals surface area (Å²) in [4.78, 5) is 2.44. The van der Waals surface area contributed by atoms with Gasteiger partial charge in [-0.2, -0.15) is 0 Å². The van der Waals surface area contributed by atoms with Gasteiger partial charge in [-0.1, -0.05) is 19.8 Å². The molecule has 0 aromatic heterocycles. The zero-order chi connectivity index (χ0) is 13.7. The molecule has 1 aliphatic rings. The normalized spacial score (nSPS) is 16.6. The minimum Gasteiger partial charge on any atom is -0.508 e. The van der Waals surface area contributed by atoms with Gasteiger partial charge in [0.25, 0.3) is 0 Å². The van der Waals surface area contributed by atoms with Crippen molar-refractivity contribution in [3.05, 3.63) is 23.8 Å². The lowest BCUT2D eigenvalue weighted by molar-refractivity contribution is 0.163. The summed E-state index contributed by atoms with van der Waals surface area (Å²) < 4.78 is 0. The Hall–Kier alpha value is -0.680. The smallest absolute Gasteiger partial charge is 0.119 e. The fourth-order valence-electron chi connectivity index (χ4n) is 2.76. The van der Waals surface area contributed by atoms with E-state index in [1.54, 1.807) is 12.1 Å². The lowest BCUT2D eigenvalue weighted by atomic mass is 9.98. The summed E-state index contributed by atoms with van der Waals surface area (Å²) in [7, 11) is 0. The molecule has 0 amide bonds. The molecule has 0 saturated carbocycles. The number of hydrogen-bond donors (Lipinski definition) is 3. The topological polar surface area (TPSA) is 55.7 Å². The Morgan fingerprint density at radius 3 is 2.19 bits per heavy atom. The number of nitrogens with zero attached hydrogens (tertiary/aromatic N) is 1. The van der Waals surface area contributed by atoms with Crippen molar-refractivity contribution in [3.8, 4) is 11.5 Å². The van der Waals surface area contributed by atoms with Gasteiger partial charge in [0.1, 0.15) is 11.5 Å². The minimum absolute atomic E-state index is 0. The minimum atomic E-state index is 0. The van der Waals surface area contributed by atoms with Crippen LogP contribution in [0, 0.1) is 0 Å². The highest BCUT2D eigenvalue weighted by Gasteiger charge is 2.22. The third-order valence-corrected chi connectivity index (χ3v) is 3.73. The molecule has 1 fully saturated rings. The Balaban J connectivity index is 0.00000200. The summed E-state index contributed by atoms with van der Waals surface area (Å²) in [6.07, 6.45) is 3.39. The number of phenols is 2. The molecule has 21 heavy (non-hydrogen) atoms. The average molecular weight is 337 g/mol. The van der Waals surface area contributed by atoms with E-state index >= 15 is 0 Å². The quantitative estimate of drug-likeness (QED) is 0.773. The Labute approximate surface area is 139 Å². The van der Waals surface area contributed by atoms with Gasteiger partial charge < -0.3 is 15.5 Å². The van der Waals surface area contributed by atoms with Gasteiger partial charge in [0.05, 0.1) is 0 Å². The van der Waals surface area contributed by atoms with E-state index in [-0.39, 0.29) is 36.3 Å². The molecule has 1 atom stereocenters. The van der Waals surface area contributed by atoms with Gasteiger partial charge >= 0.3 is 0 Å². The summed E-state index contributed by atoms with van der Waals surface area (Å²) in [5, 5.41) is 22.7. The first-order valence-electron chi connectivity index (χ1n) is 7.18. The van der Waals surface area contributed by atoms with Crippen molar-refractivity contribution in [1.82, 2.24) is 10.2 Å². The fraction of sp³-hybridized carbons (Fsp3) is 0.600. The van der Waals surface area contributed by atoms with Gasteiger partial charge in [-0.3, -0.25) is 4.90 Å². The SMILES string of the molecule is CCCC[C@H](c1cc(O)cc(O)c1)N1CCNCC1.Cl.Cl. The molecule has 1 aliphatic heterocycles. The van der Waals surface area contributed by atoms with Crippen molar-refractivity contribution < 1.29 is 10.2 Å². The third kappa shape index (κ3) is 5.91. The van der Waals surface area contributed by atoms with Crippen LogP contribution in [0.25, 0.3) is 0 Å². The Morgan fingerprint density at radius 2 is 1.67 bits per heavy atom. The van der Waals surface area contributed by atoms with E-state index in [1.807, 2.05) is 0 Å². The van der Waals surface area contributed by atoms with Crippen molar-refractivity contribution in [2.24, 2.45) is 0 Å². The van der Waals surface area contributed by atoms with Crippen LogP contribution in [0.1, 0.15) is 37.8 Å². The van der Waals surface area contributed by atoms with E-state index in [0.29, 0.717) is 6.04 Å². The second-order valence-corrected chi connectivity index (χ2v) is 5.23. The van der Waals surface area contributed by atoms with Crippen molar-refractivity contribution in [3.63, 3.8) is 0 Å². The maximum atomic E-state index is 9.68. The van der Waals surface area contributed by atoms with Gasteiger partial charge in [-0.05, 0) is 24.1 Å². The van der Waals surface area contributed by atoms with E-state index in [4.69, 9.17) is 0 Å². The molecule has 1 aromatic rings. The molecule has 0 radical (unpaired) electrons. The van der Waals surface area contributed by atoms with Crippen LogP contribution in [0.15, 0.2) is 18.2 Å². The zero-order valence-electron chi connectivity index (χ0n) is 12.4. The van der Waals surface area contributed by atoms with Crippen LogP contribution in [-0.2, 0) is 0 Å². The Morgan fingerprint density at radius 1 is 1.10 bits per heavy atom. The Bertz CT molecular complexity index is 392. The molecule has 6 heteroatoms. The number of benzene rings is 1. The van der Waals surface area contributed by atoms with Crippen LogP contribution in [-0.4, -0.2) is 41.3 Å². The molecule has 1 aromatic carbocycles. The number of unbranched alkanes of at least 4 members (excludes halogenated alkanes) is 1. The van der Waals surface area contributed by atoms with Crippen molar-refractivity contribution in [2.75, 3.05) is 26.2 Å². The monoisotopic (exact) mass is 336 g/mol. The number of phenolic OH excluding ortho intramolecular Hbond substituents is 2. The third-order valence-electron chi connectivity index (χ3n) is 3.73. The van der Waals surface area contributed by atoms with Crippen LogP contribution in [0.3, 0.4) is 0 Å². The molecular formula is C15H26Cl2N2O2. The van der Waals surface area contributed by atoms with Crippen molar-refractivity contribution in [2.45, 2.75) is 32.2 Å². The van der Waals surface area contributed by atoms with Crippen LogP contribution in [0.5, 0.6) is 11.5 Å². The summed E-state index contributed by atoms with van der Waals surface area (Å²) in [6.45, 7) is 6.24. The van der Waals surface area contributed by atoms with Crippen LogP contribution in [0.4, 0.5) is 0 Å². The first-order valence-corrected chi connectivity index (χ1v) is 7.18. The summed E-state index contributed by atoms with van der Waals surface area (Å²) in [5.74, 6) is 0.290. The number of aromatic hydroxyl groups is 2. The highest BCUT2D eigenvalue weighted by Crippen LogP contribution is 2.31. The van der Waals surface area contributed by atoms with Gasteiger partial charge in [0.15, 0.2) is 0 Å². The molecule has 1 heterocycles. The number of rotatable bonds is 5. The average Bonchev–Trinajstić information content (AvgIpc) is 2.39. The van der Waals surface area contributed by atoms with Crippen molar-refractivity contribution in [1.29, 1.82) is 0 Å². The molecule has 4 nitrogen and oxygen atoms in total. The predicted molar refractivity (Wildman–Crippen MR) is 91.0 cm³/mol. The van der Waals surface area contributed by atoms with Crippen LogP contribution >= 0.6 is 24.8 Å². The van der Waals surface area contributed by atoms with Crippen molar-refractivity contribution >= 4 is 24.8 Å². The molecule has 1 saturated heterocycles. The molecule has 0 aliphatic carbocycles. The number of nitrogens with one attached hydrogen (secondary N) is 1. The first kappa shape index (κ1) is 20.3. The van der Waals surface area contributed by atoms with E-state index in [1.165, 1.54) is 6.07 Å². The summed E-state index contributed by atoms with van der Waals surface area (Å²) >= 11 is 0. The maximum absolute atomic E-state index is 9.68. The van der Waals surface area contributed by atoms with Gasteiger partial charge in [0.2, 0.25) is 0 Å².